The van der Waals surface area contributed by atoms with Gasteiger partial charge < -0.3 is 10.6 Å². The van der Waals surface area contributed by atoms with E-state index in [9.17, 15) is 4.79 Å². The molecule has 0 bridgehead atoms. The number of hydrogen-bond acceptors (Lipinski definition) is 3. The first kappa shape index (κ1) is 12.7. The smallest absolute Gasteiger partial charge is 0.223 e. The normalized spacial score (nSPS) is 18.5. The lowest BCUT2D eigenvalue weighted by Crippen LogP contribution is -2.27. The minimum atomic E-state index is 0.133. The molecule has 102 valence electrons. The third kappa shape index (κ3) is 2.50. The fourth-order valence-electron chi connectivity index (χ4n) is 2.67. The van der Waals surface area contributed by atoms with Crippen LogP contribution in [0.25, 0.3) is 0 Å². The molecule has 1 fully saturated rings. The highest BCUT2D eigenvalue weighted by Gasteiger charge is 2.31. The van der Waals surface area contributed by atoms with E-state index in [0.29, 0.717) is 13.0 Å². The van der Waals surface area contributed by atoms with Crippen LogP contribution in [0.2, 0.25) is 0 Å². The van der Waals surface area contributed by atoms with Gasteiger partial charge in [0.2, 0.25) is 5.91 Å². The van der Waals surface area contributed by atoms with Gasteiger partial charge in [-0.1, -0.05) is 18.2 Å². The van der Waals surface area contributed by atoms with Crippen LogP contribution in [0.4, 0.5) is 5.69 Å². The van der Waals surface area contributed by atoms with Crippen molar-refractivity contribution in [1.82, 2.24) is 9.88 Å². The number of pyridine rings is 1. The molecular weight excluding hydrogens is 250 g/mol. The Balaban J connectivity index is 1.82. The van der Waals surface area contributed by atoms with Gasteiger partial charge in [-0.2, -0.15) is 0 Å². The molecule has 20 heavy (non-hydrogen) atoms. The lowest BCUT2D eigenvalue weighted by atomic mass is 10.1. The van der Waals surface area contributed by atoms with Crippen LogP contribution in [0.1, 0.15) is 30.0 Å². The maximum atomic E-state index is 12.1. The number of nitrogens with two attached hydrogens (primary N) is 1. The molecule has 1 aliphatic rings. The molecular formula is C16H17N3O. The van der Waals surface area contributed by atoms with Crippen LogP contribution in [0.3, 0.4) is 0 Å². The first-order valence-electron chi connectivity index (χ1n) is 6.78. The number of amides is 1. The van der Waals surface area contributed by atoms with E-state index in [2.05, 4.69) is 4.98 Å². The van der Waals surface area contributed by atoms with Gasteiger partial charge >= 0.3 is 0 Å². The van der Waals surface area contributed by atoms with E-state index in [1.165, 1.54) is 0 Å². The molecule has 1 saturated heterocycles. The molecule has 1 amide bonds. The summed E-state index contributed by atoms with van der Waals surface area (Å²) in [6.45, 7) is 0.624. The molecule has 1 aromatic heterocycles. The molecule has 0 aliphatic carbocycles. The van der Waals surface area contributed by atoms with Crippen molar-refractivity contribution in [3.8, 4) is 0 Å². The molecule has 1 atom stereocenters. The fourth-order valence-corrected chi connectivity index (χ4v) is 2.67. The molecule has 4 nitrogen and oxygen atoms in total. The molecule has 0 spiro atoms. The number of likely N-dealkylation sites (tertiary alicyclic amines) is 1. The molecule has 1 aliphatic heterocycles. The lowest BCUT2D eigenvalue weighted by molar-refractivity contribution is -0.129. The van der Waals surface area contributed by atoms with Crippen LogP contribution >= 0.6 is 0 Å². The Bertz CT molecular complexity index is 595. The first-order valence-corrected chi connectivity index (χ1v) is 6.78. The van der Waals surface area contributed by atoms with Crippen LogP contribution in [0.5, 0.6) is 0 Å². The van der Waals surface area contributed by atoms with Gasteiger partial charge in [-0.15, -0.1) is 0 Å². The topological polar surface area (TPSA) is 59.2 Å². The van der Waals surface area contributed by atoms with Crippen molar-refractivity contribution >= 4 is 11.6 Å². The Morgan fingerprint density at radius 3 is 2.75 bits per heavy atom. The van der Waals surface area contributed by atoms with Crippen molar-refractivity contribution in [2.24, 2.45) is 0 Å². The van der Waals surface area contributed by atoms with Gasteiger partial charge in [0.25, 0.3) is 0 Å². The average Bonchev–Trinajstić information content (AvgIpc) is 2.84. The Morgan fingerprint density at radius 2 is 2.05 bits per heavy atom. The fraction of sp³-hybridized carbons (Fsp3) is 0.250. The zero-order chi connectivity index (χ0) is 13.9. The highest BCUT2D eigenvalue weighted by molar-refractivity contribution is 5.79. The summed E-state index contributed by atoms with van der Waals surface area (Å²) in [6.07, 6.45) is 5.07. The zero-order valence-electron chi connectivity index (χ0n) is 11.2. The van der Waals surface area contributed by atoms with Gasteiger partial charge in [0.05, 0.1) is 6.04 Å². The highest BCUT2D eigenvalue weighted by atomic mass is 16.2. The number of aromatic nitrogens is 1. The molecule has 3 rings (SSSR count). The summed E-state index contributed by atoms with van der Waals surface area (Å²) >= 11 is 0. The summed E-state index contributed by atoms with van der Waals surface area (Å²) < 4.78 is 0. The monoisotopic (exact) mass is 267 g/mol. The summed E-state index contributed by atoms with van der Waals surface area (Å²) in [5, 5.41) is 0. The van der Waals surface area contributed by atoms with Crippen molar-refractivity contribution in [2.75, 3.05) is 5.73 Å². The summed E-state index contributed by atoms with van der Waals surface area (Å²) in [7, 11) is 0. The van der Waals surface area contributed by atoms with Gasteiger partial charge in [0.15, 0.2) is 0 Å². The summed E-state index contributed by atoms with van der Waals surface area (Å²) in [4.78, 5) is 18.2. The first-order chi connectivity index (χ1) is 9.74. The van der Waals surface area contributed by atoms with Crippen molar-refractivity contribution < 1.29 is 4.79 Å². The molecule has 2 heterocycles. The van der Waals surface area contributed by atoms with Gasteiger partial charge in [0.1, 0.15) is 0 Å². The van der Waals surface area contributed by atoms with E-state index < -0.39 is 0 Å². The number of hydrogen-bond donors (Lipinski definition) is 1. The van der Waals surface area contributed by atoms with E-state index in [1.807, 2.05) is 47.5 Å². The predicted molar refractivity (Wildman–Crippen MR) is 77.6 cm³/mol. The Hall–Kier alpha value is -2.36. The summed E-state index contributed by atoms with van der Waals surface area (Å²) in [6, 6.07) is 11.8. The van der Waals surface area contributed by atoms with Gasteiger partial charge in [-0.3, -0.25) is 9.78 Å². The van der Waals surface area contributed by atoms with Gasteiger partial charge in [-0.25, -0.2) is 0 Å². The van der Waals surface area contributed by atoms with E-state index in [-0.39, 0.29) is 11.9 Å². The van der Waals surface area contributed by atoms with E-state index in [1.54, 1.807) is 6.20 Å². The minimum absolute atomic E-state index is 0.133. The van der Waals surface area contributed by atoms with Crippen molar-refractivity contribution in [2.45, 2.75) is 25.4 Å². The number of nitrogens with zero attached hydrogens (tertiary/aromatic N) is 2. The zero-order valence-corrected chi connectivity index (χ0v) is 11.2. The van der Waals surface area contributed by atoms with Crippen LogP contribution in [-0.4, -0.2) is 15.8 Å². The number of carbonyl (C=O) groups is 1. The maximum absolute atomic E-state index is 12.1. The van der Waals surface area contributed by atoms with Crippen LogP contribution < -0.4 is 5.73 Å². The highest BCUT2D eigenvalue weighted by Crippen LogP contribution is 2.33. The van der Waals surface area contributed by atoms with Gasteiger partial charge in [-0.05, 0) is 35.7 Å². The summed E-state index contributed by atoms with van der Waals surface area (Å²) in [5.74, 6) is 0.204. The van der Waals surface area contributed by atoms with E-state index in [0.717, 1.165) is 23.2 Å². The SMILES string of the molecule is Nc1ccc(CN2C(=O)CC[C@@H]2c2cccnc2)cc1. The Labute approximate surface area is 118 Å². The third-order valence-electron chi connectivity index (χ3n) is 3.73. The molecule has 0 unspecified atom stereocenters. The molecule has 1 aromatic carbocycles. The minimum Gasteiger partial charge on any atom is -0.399 e. The number of rotatable bonds is 3. The standard InChI is InChI=1S/C16H17N3O/c17-14-5-3-12(4-6-14)11-19-15(7-8-16(19)20)13-2-1-9-18-10-13/h1-6,9-10,15H,7-8,11,17H2/t15-/m1/s1. The number of benzene rings is 1. The largest absolute Gasteiger partial charge is 0.399 e. The van der Waals surface area contributed by atoms with Crippen molar-refractivity contribution in [1.29, 1.82) is 0 Å². The quantitative estimate of drug-likeness (QED) is 0.869. The Morgan fingerprint density at radius 1 is 1.25 bits per heavy atom. The van der Waals surface area contributed by atoms with E-state index >= 15 is 0 Å². The third-order valence-corrected chi connectivity index (χ3v) is 3.73. The Kier molecular flexibility index (Phi) is 3.37. The molecule has 2 aromatic rings. The summed E-state index contributed by atoms with van der Waals surface area (Å²) in [5.41, 5.74) is 8.64. The average molecular weight is 267 g/mol. The van der Waals surface area contributed by atoms with Crippen LogP contribution in [0.15, 0.2) is 48.8 Å². The number of carbonyl (C=O) groups excluding carboxylic acids is 1. The second-order valence-electron chi connectivity index (χ2n) is 5.10. The predicted octanol–water partition coefficient (Wildman–Crippen LogP) is 2.53. The lowest BCUT2D eigenvalue weighted by Gasteiger charge is -2.25. The molecule has 0 radical (unpaired) electrons. The van der Waals surface area contributed by atoms with Gasteiger partial charge in [0, 0.05) is 31.0 Å². The molecule has 4 heteroatoms. The number of anilines is 1. The van der Waals surface area contributed by atoms with Crippen molar-refractivity contribution in [3.05, 3.63) is 59.9 Å². The van der Waals surface area contributed by atoms with Crippen molar-refractivity contribution in [3.63, 3.8) is 0 Å². The number of nitrogen functional groups attached to an aromatic ring is 1. The maximum Gasteiger partial charge on any atom is 0.223 e. The van der Waals surface area contributed by atoms with Crippen LogP contribution in [0, 0.1) is 0 Å². The van der Waals surface area contributed by atoms with E-state index in [4.69, 9.17) is 5.73 Å². The second-order valence-corrected chi connectivity index (χ2v) is 5.10. The molecule has 2 N–H and O–H groups in total. The second kappa shape index (κ2) is 5.33. The molecule has 0 saturated carbocycles. The van der Waals surface area contributed by atoms with Crippen LogP contribution in [-0.2, 0) is 11.3 Å².